The van der Waals surface area contributed by atoms with Crippen LogP contribution in [0.25, 0.3) is 11.1 Å². The average molecular weight is 515 g/mol. The first-order valence-corrected chi connectivity index (χ1v) is 12.8. The van der Waals surface area contributed by atoms with Crippen LogP contribution in [-0.2, 0) is 12.5 Å². The predicted octanol–water partition coefficient (Wildman–Crippen LogP) is 4.11. The van der Waals surface area contributed by atoms with Crippen molar-refractivity contribution in [2.75, 3.05) is 19.4 Å². The molecule has 0 bridgehead atoms. The molecule has 6 rings (SSSR count). The fraction of sp³-hybridized carbons (Fsp3) is 0.345. The van der Waals surface area contributed by atoms with Gasteiger partial charge in [-0.3, -0.25) is 19.7 Å². The minimum absolute atomic E-state index is 0.105. The van der Waals surface area contributed by atoms with Gasteiger partial charge >= 0.3 is 5.91 Å². The van der Waals surface area contributed by atoms with E-state index in [1.165, 1.54) is 11.1 Å². The van der Waals surface area contributed by atoms with E-state index in [0.29, 0.717) is 40.7 Å². The number of amides is 1. The number of pyridine rings is 1. The van der Waals surface area contributed by atoms with Crippen LogP contribution in [0.3, 0.4) is 0 Å². The minimum atomic E-state index is -2.01. The Morgan fingerprint density at radius 2 is 2.08 bits per heavy atom. The van der Waals surface area contributed by atoms with E-state index < -0.39 is 5.91 Å². The highest BCUT2D eigenvalue weighted by molar-refractivity contribution is 6.00. The van der Waals surface area contributed by atoms with E-state index in [9.17, 15) is 9.90 Å². The van der Waals surface area contributed by atoms with Crippen LogP contribution in [0, 0.1) is 5.92 Å². The molecule has 1 saturated carbocycles. The first-order valence-electron chi connectivity index (χ1n) is 12.8. The van der Waals surface area contributed by atoms with Crippen LogP contribution in [0.1, 0.15) is 53.9 Å². The molecule has 3 aromatic rings. The van der Waals surface area contributed by atoms with Crippen molar-refractivity contribution >= 4 is 17.8 Å². The molecular weight excluding hydrogens is 484 g/mol. The van der Waals surface area contributed by atoms with Gasteiger partial charge in [0.15, 0.2) is 0 Å². The van der Waals surface area contributed by atoms with E-state index in [-0.39, 0.29) is 30.2 Å². The van der Waals surface area contributed by atoms with E-state index >= 15 is 0 Å². The summed E-state index contributed by atoms with van der Waals surface area (Å²) in [6.07, 6.45) is 5.50. The van der Waals surface area contributed by atoms with Crippen molar-refractivity contribution in [1.82, 2.24) is 9.88 Å². The lowest BCUT2D eigenvalue weighted by atomic mass is 9.95. The van der Waals surface area contributed by atoms with E-state index in [1.807, 2.05) is 24.3 Å². The van der Waals surface area contributed by atoms with Gasteiger partial charge in [-0.2, -0.15) is 0 Å². The number of carbonyl (C=O) groups is 1. The maximum atomic E-state index is 13.1. The van der Waals surface area contributed by atoms with Crippen LogP contribution >= 0.6 is 0 Å². The maximum Gasteiger partial charge on any atom is 0.342 e. The van der Waals surface area contributed by atoms with Gasteiger partial charge in [0, 0.05) is 25.0 Å². The van der Waals surface area contributed by atoms with Gasteiger partial charge in [-0.05, 0) is 66.3 Å². The Balaban J connectivity index is 1.48. The number of hydrogen-bond acceptors (Lipinski definition) is 8. The van der Waals surface area contributed by atoms with Crippen molar-refractivity contribution in [1.29, 1.82) is 0 Å². The lowest BCUT2D eigenvalue weighted by Gasteiger charge is -2.39. The van der Waals surface area contributed by atoms with E-state index in [0.717, 1.165) is 29.5 Å². The minimum Gasteiger partial charge on any atom is -0.493 e. The molecule has 1 fully saturated rings. The lowest BCUT2D eigenvalue weighted by Crippen LogP contribution is -2.50. The number of aliphatic hydroxyl groups is 1. The molecule has 0 radical (unpaired) electrons. The van der Waals surface area contributed by atoms with Gasteiger partial charge in [-0.25, -0.2) is 0 Å². The number of rotatable bonds is 7. The standard InChI is InChI=1S/C29H30N4O5/c1-16(2)15-36-24-11-17(19-8-9-23(37-18-6-7-18)26(30)21(19)13-31-3)12-25-22(24)14-33-28(34)20-5-4-10-32-27(20)29(33,35)38-25/h4-5,8-13,16,18,35H,6-7,14-15,30H2,1-3H3. The van der Waals surface area contributed by atoms with Crippen molar-refractivity contribution in [2.45, 2.75) is 45.2 Å². The van der Waals surface area contributed by atoms with Gasteiger partial charge in [0.1, 0.15) is 22.9 Å². The zero-order chi connectivity index (χ0) is 26.6. The van der Waals surface area contributed by atoms with Crippen LogP contribution in [0.2, 0.25) is 0 Å². The van der Waals surface area contributed by atoms with Crippen LogP contribution in [0.5, 0.6) is 17.2 Å². The largest absolute Gasteiger partial charge is 0.493 e. The highest BCUT2D eigenvalue weighted by atomic mass is 16.7. The monoisotopic (exact) mass is 514 g/mol. The number of aliphatic imine (C=N–C) groups is 1. The quantitative estimate of drug-likeness (QED) is 0.360. The number of fused-ring (bicyclic) bond motifs is 4. The van der Waals surface area contributed by atoms with E-state index in [1.54, 1.807) is 25.4 Å². The van der Waals surface area contributed by atoms with Crippen molar-refractivity contribution in [3.05, 3.63) is 65.0 Å². The summed E-state index contributed by atoms with van der Waals surface area (Å²) < 4.78 is 18.4. The number of ether oxygens (including phenoxy) is 3. The SMILES string of the molecule is CN=Cc1c(-c2cc(OCC(C)C)c3c(c2)OC2(O)c4ncccc4C(=O)N2C3)ccc(OC2CC2)c1N. The lowest BCUT2D eigenvalue weighted by molar-refractivity contribution is -0.243. The van der Waals surface area contributed by atoms with Gasteiger partial charge in [0.2, 0.25) is 0 Å². The van der Waals surface area contributed by atoms with Crippen LogP contribution in [0.4, 0.5) is 5.69 Å². The average Bonchev–Trinajstić information content (AvgIpc) is 3.69. The highest BCUT2D eigenvalue weighted by Crippen LogP contribution is 2.48. The number of aromatic nitrogens is 1. The van der Waals surface area contributed by atoms with Crippen molar-refractivity contribution in [3.63, 3.8) is 0 Å². The Kier molecular flexibility index (Phi) is 5.75. The molecule has 9 heteroatoms. The summed E-state index contributed by atoms with van der Waals surface area (Å²) in [7, 11) is 1.69. The molecule has 0 saturated heterocycles. The molecule has 2 aromatic carbocycles. The second kappa shape index (κ2) is 9.02. The van der Waals surface area contributed by atoms with Gasteiger partial charge in [0.25, 0.3) is 5.91 Å². The smallest absolute Gasteiger partial charge is 0.342 e. The van der Waals surface area contributed by atoms with Crippen LogP contribution in [0.15, 0.2) is 47.6 Å². The Morgan fingerprint density at radius 3 is 2.82 bits per heavy atom. The second-order valence-corrected chi connectivity index (χ2v) is 10.3. The molecule has 3 aliphatic rings. The first-order chi connectivity index (χ1) is 18.3. The molecule has 3 heterocycles. The van der Waals surface area contributed by atoms with E-state index in [4.69, 9.17) is 19.9 Å². The summed E-state index contributed by atoms with van der Waals surface area (Å²) in [6, 6.07) is 10.9. The molecule has 196 valence electrons. The fourth-order valence-corrected chi connectivity index (χ4v) is 4.85. The summed E-state index contributed by atoms with van der Waals surface area (Å²) in [5, 5.41) is 11.6. The fourth-order valence-electron chi connectivity index (χ4n) is 4.85. The number of nitrogens with two attached hydrogens (primary N) is 1. The van der Waals surface area contributed by atoms with Gasteiger partial charge in [-0.1, -0.05) is 13.8 Å². The second-order valence-electron chi connectivity index (χ2n) is 10.3. The Labute approximate surface area is 220 Å². The number of benzene rings is 2. The molecule has 38 heavy (non-hydrogen) atoms. The van der Waals surface area contributed by atoms with Crippen molar-refractivity contribution in [2.24, 2.45) is 10.9 Å². The van der Waals surface area contributed by atoms with Gasteiger partial charge in [0.05, 0.1) is 36.1 Å². The van der Waals surface area contributed by atoms with Crippen LogP contribution < -0.4 is 19.9 Å². The molecule has 1 aromatic heterocycles. The summed E-state index contributed by atoms with van der Waals surface area (Å²) in [4.78, 5) is 22.9. The normalized spacial score (nSPS) is 19.8. The molecule has 1 aliphatic carbocycles. The summed E-state index contributed by atoms with van der Waals surface area (Å²) in [6.45, 7) is 4.70. The molecule has 0 spiro atoms. The topological polar surface area (TPSA) is 119 Å². The molecule has 3 N–H and O–H groups in total. The van der Waals surface area contributed by atoms with Crippen molar-refractivity contribution < 1.29 is 24.1 Å². The molecular formula is C29H30N4O5. The van der Waals surface area contributed by atoms with Gasteiger partial charge in [-0.15, -0.1) is 0 Å². The summed E-state index contributed by atoms with van der Waals surface area (Å²) >= 11 is 0. The third-order valence-corrected chi connectivity index (χ3v) is 6.90. The number of nitrogens with zero attached hydrogens (tertiary/aromatic N) is 3. The maximum absolute atomic E-state index is 13.1. The summed E-state index contributed by atoms with van der Waals surface area (Å²) in [5.74, 6) is -0.475. The predicted molar refractivity (Wildman–Crippen MR) is 142 cm³/mol. The molecule has 1 amide bonds. The number of hydrogen-bond donors (Lipinski definition) is 2. The van der Waals surface area contributed by atoms with Crippen LogP contribution in [-0.4, -0.2) is 46.9 Å². The zero-order valence-corrected chi connectivity index (χ0v) is 21.6. The summed E-state index contributed by atoms with van der Waals surface area (Å²) in [5.41, 5.74) is 10.5. The number of anilines is 1. The number of nitrogen functional groups attached to an aromatic ring is 1. The molecule has 1 unspecified atom stereocenters. The molecule has 2 aliphatic heterocycles. The van der Waals surface area contributed by atoms with Gasteiger partial charge < -0.3 is 25.1 Å². The Hall–Kier alpha value is -4.11. The first kappa shape index (κ1) is 24.2. The Bertz CT molecular complexity index is 1470. The van der Waals surface area contributed by atoms with E-state index in [2.05, 4.69) is 23.8 Å². The third kappa shape index (κ3) is 3.94. The van der Waals surface area contributed by atoms with Crippen molar-refractivity contribution in [3.8, 4) is 28.4 Å². The third-order valence-electron chi connectivity index (χ3n) is 6.90. The zero-order valence-electron chi connectivity index (χ0n) is 21.6. The Morgan fingerprint density at radius 1 is 1.26 bits per heavy atom. The molecule has 1 atom stereocenters. The number of carbonyl (C=O) groups excluding carboxylic acids is 1. The molecule has 9 nitrogen and oxygen atoms in total. The highest BCUT2D eigenvalue weighted by Gasteiger charge is 2.55.